The number of esters is 1. The van der Waals surface area contributed by atoms with Gasteiger partial charge in [0, 0.05) is 11.2 Å². The zero-order chi connectivity index (χ0) is 16.7. The molecular formula is C19H29NO2. The minimum Gasteiger partial charge on any atom is -0.467 e. The van der Waals surface area contributed by atoms with Gasteiger partial charge in [-0.05, 0) is 56.2 Å². The average molecular weight is 303 g/mol. The minimum absolute atomic E-state index is 0.0800. The maximum Gasteiger partial charge on any atom is 0.328 e. The fraction of sp³-hybridized carbons (Fsp3) is 0.632. The molecule has 122 valence electrons. The van der Waals surface area contributed by atoms with Crippen LogP contribution in [0.25, 0.3) is 0 Å². The van der Waals surface area contributed by atoms with Crippen LogP contribution in [0.1, 0.15) is 58.1 Å². The number of fused-ring (bicyclic) bond motifs is 1. The number of aryl methyl sites for hydroxylation is 1. The van der Waals surface area contributed by atoms with Gasteiger partial charge in [-0.25, -0.2) is 4.79 Å². The number of anilines is 1. The first kappa shape index (κ1) is 16.9. The molecule has 1 aliphatic rings. The third-order valence-corrected chi connectivity index (χ3v) is 4.79. The fourth-order valence-corrected chi connectivity index (χ4v) is 3.89. The first-order chi connectivity index (χ1) is 10.2. The van der Waals surface area contributed by atoms with Crippen LogP contribution >= 0.6 is 0 Å². The van der Waals surface area contributed by atoms with Crippen molar-refractivity contribution in [3.05, 3.63) is 29.3 Å². The van der Waals surface area contributed by atoms with Crippen molar-refractivity contribution in [2.75, 3.05) is 12.0 Å². The van der Waals surface area contributed by atoms with Gasteiger partial charge in [-0.1, -0.05) is 32.9 Å². The van der Waals surface area contributed by atoms with Gasteiger partial charge >= 0.3 is 5.97 Å². The summed E-state index contributed by atoms with van der Waals surface area (Å²) in [6.07, 6.45) is 1.03. The molecule has 0 fully saturated rings. The van der Waals surface area contributed by atoms with Crippen molar-refractivity contribution in [2.24, 2.45) is 5.92 Å². The van der Waals surface area contributed by atoms with E-state index in [2.05, 4.69) is 64.6 Å². The molecule has 2 atom stereocenters. The molecule has 0 aliphatic carbocycles. The number of carbonyl (C=O) groups excluding carboxylic acids is 1. The second-order valence-corrected chi connectivity index (χ2v) is 7.56. The summed E-state index contributed by atoms with van der Waals surface area (Å²) in [6.45, 7) is 13.0. The fourth-order valence-electron chi connectivity index (χ4n) is 3.89. The number of ether oxygens (including phenoxy) is 1. The number of benzene rings is 1. The number of hydrogen-bond acceptors (Lipinski definition) is 3. The van der Waals surface area contributed by atoms with Crippen LogP contribution in [-0.2, 0) is 9.53 Å². The Kier molecular flexibility index (Phi) is 4.55. The molecule has 1 aromatic carbocycles. The van der Waals surface area contributed by atoms with E-state index >= 15 is 0 Å². The number of hydrogen-bond donors (Lipinski definition) is 0. The Balaban J connectivity index is 2.63. The first-order valence-corrected chi connectivity index (χ1v) is 8.16. The molecule has 1 heterocycles. The Hall–Kier alpha value is -1.51. The normalized spacial score (nSPS) is 21.5. The lowest BCUT2D eigenvalue weighted by atomic mass is 9.77. The molecule has 0 radical (unpaired) electrons. The van der Waals surface area contributed by atoms with E-state index in [1.54, 1.807) is 0 Å². The Morgan fingerprint density at radius 1 is 1.36 bits per heavy atom. The molecule has 0 bridgehead atoms. The van der Waals surface area contributed by atoms with Crippen molar-refractivity contribution >= 4 is 11.7 Å². The van der Waals surface area contributed by atoms with Gasteiger partial charge in [-0.15, -0.1) is 0 Å². The van der Waals surface area contributed by atoms with Gasteiger partial charge in [0.05, 0.1) is 7.11 Å². The summed E-state index contributed by atoms with van der Waals surface area (Å²) in [4.78, 5) is 14.8. The highest BCUT2D eigenvalue weighted by molar-refractivity contribution is 5.82. The smallest absolute Gasteiger partial charge is 0.328 e. The van der Waals surface area contributed by atoms with E-state index in [1.807, 2.05) is 0 Å². The predicted octanol–water partition coefficient (Wildman–Crippen LogP) is 4.28. The highest BCUT2D eigenvalue weighted by Gasteiger charge is 2.43. The molecule has 1 aliphatic heterocycles. The van der Waals surface area contributed by atoms with Crippen LogP contribution < -0.4 is 4.90 Å². The van der Waals surface area contributed by atoms with Crippen LogP contribution in [-0.4, -0.2) is 24.7 Å². The summed E-state index contributed by atoms with van der Waals surface area (Å²) in [7, 11) is 1.48. The van der Waals surface area contributed by atoms with Crippen LogP contribution in [0, 0.1) is 12.8 Å². The predicted molar refractivity (Wildman–Crippen MR) is 91.4 cm³/mol. The Morgan fingerprint density at radius 2 is 2.00 bits per heavy atom. The van der Waals surface area contributed by atoms with E-state index in [1.165, 1.54) is 23.9 Å². The number of nitrogens with zero attached hydrogens (tertiary/aromatic N) is 1. The highest BCUT2D eigenvalue weighted by atomic mass is 16.5. The third-order valence-electron chi connectivity index (χ3n) is 4.79. The zero-order valence-electron chi connectivity index (χ0n) is 14.9. The van der Waals surface area contributed by atoms with Crippen molar-refractivity contribution in [3.63, 3.8) is 0 Å². The minimum atomic E-state index is -0.256. The van der Waals surface area contributed by atoms with Crippen LogP contribution in [0.4, 0.5) is 5.69 Å². The molecule has 0 saturated carbocycles. The van der Waals surface area contributed by atoms with Crippen molar-refractivity contribution < 1.29 is 9.53 Å². The van der Waals surface area contributed by atoms with Crippen LogP contribution in [0.3, 0.4) is 0 Å². The van der Waals surface area contributed by atoms with E-state index < -0.39 is 0 Å². The molecule has 0 N–H and O–H groups in total. The average Bonchev–Trinajstić information content (AvgIpc) is 2.41. The van der Waals surface area contributed by atoms with Crippen molar-refractivity contribution in [2.45, 2.75) is 65.5 Å². The van der Waals surface area contributed by atoms with E-state index in [-0.39, 0.29) is 23.5 Å². The summed E-state index contributed by atoms with van der Waals surface area (Å²) in [5.41, 5.74) is 3.66. The summed E-state index contributed by atoms with van der Waals surface area (Å²) in [5, 5.41) is 0. The zero-order valence-corrected chi connectivity index (χ0v) is 14.9. The maximum atomic E-state index is 12.5. The highest BCUT2D eigenvalue weighted by Crippen LogP contribution is 2.45. The molecule has 1 aromatic rings. The van der Waals surface area contributed by atoms with Gasteiger partial charge in [0.25, 0.3) is 0 Å². The van der Waals surface area contributed by atoms with E-state index in [4.69, 9.17) is 4.74 Å². The van der Waals surface area contributed by atoms with E-state index in [9.17, 15) is 4.79 Å². The molecule has 0 amide bonds. The van der Waals surface area contributed by atoms with Gasteiger partial charge in [0.2, 0.25) is 0 Å². The van der Waals surface area contributed by atoms with Gasteiger partial charge in [-0.3, -0.25) is 0 Å². The van der Waals surface area contributed by atoms with E-state index in [0.29, 0.717) is 5.92 Å². The molecule has 2 unspecified atom stereocenters. The van der Waals surface area contributed by atoms with Crippen molar-refractivity contribution in [1.82, 2.24) is 0 Å². The molecule has 0 saturated heterocycles. The van der Waals surface area contributed by atoms with Crippen molar-refractivity contribution in [3.8, 4) is 0 Å². The maximum absolute atomic E-state index is 12.5. The monoisotopic (exact) mass is 303 g/mol. The Bertz CT molecular complexity index is 563. The van der Waals surface area contributed by atoms with Crippen molar-refractivity contribution in [1.29, 1.82) is 0 Å². The molecule has 0 spiro atoms. The standard InChI is InChI=1S/C19H29NO2/c1-12(2)17(18(21)22-7)20-16-10-13(3)8-9-15(16)14(4)11-19(20,5)6/h8-10,12,14,17H,11H2,1-7H3. The Morgan fingerprint density at radius 3 is 2.55 bits per heavy atom. The second kappa shape index (κ2) is 5.94. The molecular weight excluding hydrogens is 274 g/mol. The first-order valence-electron chi connectivity index (χ1n) is 8.16. The lowest BCUT2D eigenvalue weighted by molar-refractivity contribution is -0.143. The molecule has 0 aromatic heterocycles. The van der Waals surface area contributed by atoms with Gasteiger partial charge in [0.15, 0.2) is 0 Å². The lowest BCUT2D eigenvalue weighted by Crippen LogP contribution is -2.58. The summed E-state index contributed by atoms with van der Waals surface area (Å²) in [6, 6.07) is 6.33. The summed E-state index contributed by atoms with van der Waals surface area (Å²) in [5.74, 6) is 0.533. The molecule has 22 heavy (non-hydrogen) atoms. The SMILES string of the molecule is COC(=O)C(C(C)C)N1c2cc(C)ccc2C(C)CC1(C)C. The molecule has 3 nitrogen and oxygen atoms in total. The number of carbonyl (C=O) groups is 1. The van der Waals surface area contributed by atoms with Crippen LogP contribution in [0.2, 0.25) is 0 Å². The molecule has 2 rings (SSSR count). The number of rotatable bonds is 3. The third kappa shape index (κ3) is 2.86. The topological polar surface area (TPSA) is 29.5 Å². The number of methoxy groups -OCH3 is 1. The Labute approximate surface area is 134 Å². The quantitative estimate of drug-likeness (QED) is 0.780. The summed E-state index contributed by atoms with van der Waals surface area (Å²) < 4.78 is 5.11. The van der Waals surface area contributed by atoms with Gasteiger partial charge < -0.3 is 9.64 Å². The second-order valence-electron chi connectivity index (χ2n) is 7.56. The van der Waals surface area contributed by atoms with E-state index in [0.717, 1.165) is 6.42 Å². The largest absolute Gasteiger partial charge is 0.467 e. The van der Waals surface area contributed by atoms with Crippen LogP contribution in [0.15, 0.2) is 18.2 Å². The summed E-state index contributed by atoms with van der Waals surface area (Å²) >= 11 is 0. The molecule has 3 heteroatoms. The lowest BCUT2D eigenvalue weighted by Gasteiger charge is -2.51. The van der Waals surface area contributed by atoms with Crippen LogP contribution in [0.5, 0.6) is 0 Å². The van der Waals surface area contributed by atoms with Gasteiger partial charge in [0.1, 0.15) is 6.04 Å². The van der Waals surface area contributed by atoms with Gasteiger partial charge in [-0.2, -0.15) is 0 Å².